The monoisotopic (exact) mass is 287 g/mol. The zero-order chi connectivity index (χ0) is 14.6. The number of carbonyl (C=O) groups excluding carboxylic acids is 1. The van der Waals surface area contributed by atoms with E-state index in [0.29, 0.717) is 5.56 Å². The molecule has 0 radical (unpaired) electrons. The topological polar surface area (TPSA) is 121 Å². The first-order valence-electron chi connectivity index (χ1n) is 5.25. The molecule has 19 heavy (non-hydrogen) atoms. The molecule has 3 N–H and O–H groups in total. The summed E-state index contributed by atoms with van der Waals surface area (Å²) in [4.78, 5) is 21.3. The molecule has 0 saturated heterocycles. The van der Waals surface area contributed by atoms with Gasteiger partial charge in [0, 0.05) is 12.1 Å². The van der Waals surface area contributed by atoms with Crippen molar-refractivity contribution >= 4 is 21.8 Å². The van der Waals surface area contributed by atoms with E-state index in [1.165, 1.54) is 31.2 Å². The molecular formula is C11H13NO6S. The molecule has 0 saturated carbocycles. The van der Waals surface area contributed by atoms with E-state index in [1.807, 2.05) is 4.72 Å². The summed E-state index contributed by atoms with van der Waals surface area (Å²) in [6.45, 7) is 0.719. The van der Waals surface area contributed by atoms with Crippen LogP contribution < -0.4 is 4.72 Å². The van der Waals surface area contributed by atoms with E-state index < -0.39 is 28.6 Å². The number of carboxylic acid groups (broad SMARTS) is 1. The van der Waals surface area contributed by atoms with Crippen molar-refractivity contribution in [3.8, 4) is 0 Å². The lowest BCUT2D eigenvalue weighted by Crippen LogP contribution is -2.36. The van der Waals surface area contributed by atoms with Crippen molar-refractivity contribution in [3.63, 3.8) is 0 Å². The van der Waals surface area contributed by atoms with Crippen molar-refractivity contribution in [3.05, 3.63) is 29.8 Å². The molecule has 0 aliphatic rings. The maximum Gasteiger partial charge on any atom is 0.333 e. The smallest absolute Gasteiger partial charge is 0.333 e. The Balaban J connectivity index is 2.83. The molecule has 0 amide bonds. The predicted octanol–water partition coefficient (Wildman–Crippen LogP) is -0.387. The van der Waals surface area contributed by atoms with Crippen LogP contribution in [-0.2, 0) is 14.8 Å². The third kappa shape index (κ3) is 4.12. The molecule has 0 heterocycles. The number of hydrogen-bond donors (Lipinski definition) is 3. The van der Waals surface area contributed by atoms with Gasteiger partial charge in [0.1, 0.15) is 0 Å². The van der Waals surface area contributed by atoms with Crippen LogP contribution in [0.1, 0.15) is 17.3 Å². The van der Waals surface area contributed by atoms with E-state index in [4.69, 9.17) is 10.2 Å². The summed E-state index contributed by atoms with van der Waals surface area (Å²) in [5.41, 5.74) is 0.365. The Morgan fingerprint density at radius 3 is 2.21 bits per heavy atom. The minimum absolute atomic E-state index is 0.116. The summed E-state index contributed by atoms with van der Waals surface area (Å²) in [6.07, 6.45) is -1.81. The number of hydrogen-bond acceptors (Lipinski definition) is 5. The van der Waals surface area contributed by atoms with Gasteiger partial charge in [-0.1, -0.05) is 12.1 Å². The SMILES string of the molecule is CC(=O)c1ccc(S(=O)(=O)NCC(O)C(=O)O)cc1. The van der Waals surface area contributed by atoms with Crippen LogP contribution in [0.3, 0.4) is 0 Å². The highest BCUT2D eigenvalue weighted by Crippen LogP contribution is 2.10. The van der Waals surface area contributed by atoms with E-state index in [2.05, 4.69) is 0 Å². The number of carboxylic acids is 1. The van der Waals surface area contributed by atoms with Crippen molar-refractivity contribution in [2.45, 2.75) is 17.9 Å². The van der Waals surface area contributed by atoms with Gasteiger partial charge in [0.25, 0.3) is 0 Å². The number of carbonyl (C=O) groups is 2. The fourth-order valence-electron chi connectivity index (χ4n) is 1.23. The second-order valence-electron chi connectivity index (χ2n) is 3.79. The van der Waals surface area contributed by atoms with Crippen LogP contribution in [0.25, 0.3) is 0 Å². The van der Waals surface area contributed by atoms with Gasteiger partial charge in [-0.3, -0.25) is 4.79 Å². The fraction of sp³-hybridized carbons (Fsp3) is 0.273. The molecule has 1 unspecified atom stereocenters. The minimum Gasteiger partial charge on any atom is -0.479 e. The standard InChI is InChI=1S/C11H13NO6S/c1-7(13)8-2-4-9(5-3-8)19(17,18)12-6-10(14)11(15)16/h2-5,10,12,14H,6H2,1H3,(H,15,16). The van der Waals surface area contributed by atoms with Crippen LogP contribution in [0.5, 0.6) is 0 Å². The van der Waals surface area contributed by atoms with Gasteiger partial charge in [-0.2, -0.15) is 0 Å². The first kappa shape index (κ1) is 15.3. The average Bonchev–Trinajstić information content (AvgIpc) is 2.36. The Bertz CT molecular complexity index is 578. The summed E-state index contributed by atoms with van der Waals surface area (Å²) in [6, 6.07) is 5.16. The first-order chi connectivity index (χ1) is 8.74. The molecule has 0 spiro atoms. The van der Waals surface area contributed by atoms with Crippen molar-refractivity contribution in [2.24, 2.45) is 0 Å². The number of Topliss-reactive ketones (excluding diaryl/α,β-unsaturated/α-hetero) is 1. The molecule has 1 aromatic rings. The number of ketones is 1. The Hall–Kier alpha value is -1.77. The lowest BCUT2D eigenvalue weighted by Gasteiger charge is -2.09. The van der Waals surface area contributed by atoms with Crippen molar-refractivity contribution in [1.29, 1.82) is 0 Å². The Morgan fingerprint density at radius 2 is 1.79 bits per heavy atom. The first-order valence-corrected chi connectivity index (χ1v) is 6.74. The van der Waals surface area contributed by atoms with Crippen molar-refractivity contribution in [2.75, 3.05) is 6.54 Å². The highest BCUT2D eigenvalue weighted by Gasteiger charge is 2.19. The molecule has 0 aliphatic carbocycles. The van der Waals surface area contributed by atoms with Gasteiger partial charge in [-0.15, -0.1) is 0 Å². The minimum atomic E-state index is -3.92. The van der Waals surface area contributed by atoms with Crippen LogP contribution in [0.2, 0.25) is 0 Å². The Labute approximate surface area is 109 Å². The predicted molar refractivity (Wildman–Crippen MR) is 65.3 cm³/mol. The molecule has 0 aliphatic heterocycles. The summed E-state index contributed by atoms with van der Waals surface area (Å²) in [5, 5.41) is 17.4. The molecule has 7 nitrogen and oxygen atoms in total. The molecular weight excluding hydrogens is 274 g/mol. The van der Waals surface area contributed by atoms with E-state index in [-0.39, 0.29) is 10.7 Å². The lowest BCUT2D eigenvalue weighted by atomic mass is 10.2. The maximum atomic E-state index is 11.7. The number of aliphatic hydroxyl groups excluding tert-OH is 1. The van der Waals surface area contributed by atoms with Gasteiger partial charge in [0.2, 0.25) is 10.0 Å². The molecule has 1 rings (SSSR count). The average molecular weight is 287 g/mol. The third-order valence-corrected chi connectivity index (χ3v) is 3.76. The van der Waals surface area contributed by atoms with Gasteiger partial charge in [0.15, 0.2) is 11.9 Å². The number of aliphatic hydroxyl groups is 1. The molecule has 0 fully saturated rings. The zero-order valence-corrected chi connectivity index (χ0v) is 10.8. The van der Waals surface area contributed by atoms with Crippen LogP contribution in [0.15, 0.2) is 29.2 Å². The van der Waals surface area contributed by atoms with E-state index >= 15 is 0 Å². The highest BCUT2D eigenvalue weighted by molar-refractivity contribution is 7.89. The summed E-state index contributed by atoms with van der Waals surface area (Å²) >= 11 is 0. The van der Waals surface area contributed by atoms with Gasteiger partial charge in [-0.25, -0.2) is 17.9 Å². The summed E-state index contributed by atoms with van der Waals surface area (Å²) in [5.74, 6) is -1.71. The molecule has 104 valence electrons. The molecule has 0 aromatic heterocycles. The van der Waals surface area contributed by atoms with E-state index in [0.717, 1.165) is 0 Å². The molecule has 1 aromatic carbocycles. The largest absolute Gasteiger partial charge is 0.479 e. The van der Waals surface area contributed by atoms with Crippen molar-refractivity contribution < 1.29 is 28.2 Å². The van der Waals surface area contributed by atoms with Gasteiger partial charge >= 0.3 is 5.97 Å². The van der Waals surface area contributed by atoms with Crippen LogP contribution >= 0.6 is 0 Å². The highest BCUT2D eigenvalue weighted by atomic mass is 32.2. The van der Waals surface area contributed by atoms with Crippen LogP contribution in [0.4, 0.5) is 0 Å². The quantitative estimate of drug-likeness (QED) is 0.613. The van der Waals surface area contributed by atoms with Gasteiger partial charge in [-0.05, 0) is 19.1 Å². The summed E-state index contributed by atoms with van der Waals surface area (Å²) in [7, 11) is -3.92. The number of sulfonamides is 1. The van der Waals surface area contributed by atoms with Crippen LogP contribution in [-0.4, -0.2) is 43.0 Å². The number of aliphatic carboxylic acids is 1. The molecule has 0 bridgehead atoms. The maximum absolute atomic E-state index is 11.7. The second kappa shape index (κ2) is 5.91. The molecule has 1 atom stereocenters. The third-order valence-electron chi connectivity index (χ3n) is 2.32. The fourth-order valence-corrected chi connectivity index (χ4v) is 2.27. The van der Waals surface area contributed by atoms with Gasteiger partial charge in [0.05, 0.1) is 4.90 Å². The van der Waals surface area contributed by atoms with E-state index in [9.17, 15) is 18.0 Å². The normalized spacial score (nSPS) is 12.9. The lowest BCUT2D eigenvalue weighted by molar-refractivity contribution is -0.146. The van der Waals surface area contributed by atoms with Crippen LogP contribution in [0, 0.1) is 0 Å². The zero-order valence-electron chi connectivity index (χ0n) is 10.0. The van der Waals surface area contributed by atoms with Crippen molar-refractivity contribution in [1.82, 2.24) is 4.72 Å². The summed E-state index contributed by atoms with van der Waals surface area (Å²) < 4.78 is 25.4. The van der Waals surface area contributed by atoms with E-state index in [1.54, 1.807) is 0 Å². The number of rotatable bonds is 6. The molecule has 8 heteroatoms. The van der Waals surface area contributed by atoms with Gasteiger partial charge < -0.3 is 10.2 Å². The Morgan fingerprint density at radius 1 is 1.26 bits per heavy atom. The number of nitrogens with one attached hydrogen (secondary N) is 1. The number of benzene rings is 1. The Kier molecular flexibility index (Phi) is 4.76. The second-order valence-corrected chi connectivity index (χ2v) is 5.55.